The average Bonchev–Trinajstić information content (AvgIpc) is 3.38. The molecule has 0 bridgehead atoms. The van der Waals surface area contributed by atoms with Gasteiger partial charge < -0.3 is 14.2 Å². The van der Waals surface area contributed by atoms with Crippen LogP contribution in [-0.2, 0) is 6.54 Å². The maximum Gasteiger partial charge on any atom is 0.289 e. The number of rotatable bonds is 5. The molecule has 0 spiro atoms. The normalized spacial score (nSPS) is 21.8. The fourth-order valence-electron chi connectivity index (χ4n) is 4.01. The highest BCUT2D eigenvalue weighted by molar-refractivity contribution is 5.92. The van der Waals surface area contributed by atoms with Crippen LogP contribution in [0, 0.1) is 0 Å². The number of furan rings is 1. The van der Waals surface area contributed by atoms with E-state index in [0.717, 1.165) is 31.7 Å². The van der Waals surface area contributed by atoms with Crippen LogP contribution >= 0.6 is 0 Å². The Morgan fingerprint density at radius 2 is 2.04 bits per heavy atom. The number of carbonyl (C=O) groups is 1. The monoisotopic (exact) mass is 342 g/mol. The first-order valence-corrected chi connectivity index (χ1v) is 9.39. The van der Waals surface area contributed by atoms with Crippen molar-refractivity contribution < 1.29 is 9.21 Å². The van der Waals surface area contributed by atoms with Gasteiger partial charge in [-0.05, 0) is 57.0 Å². The van der Waals surface area contributed by atoms with Crippen molar-refractivity contribution >= 4 is 5.91 Å². The second-order valence-corrected chi connectivity index (χ2v) is 7.13. The molecule has 4 rings (SSSR count). The molecule has 0 radical (unpaired) electrons. The molecule has 1 amide bonds. The number of hydrogen-bond donors (Lipinski definition) is 0. The maximum atomic E-state index is 12.9. The number of hydrogen-bond acceptors (Lipinski definition) is 4. The lowest BCUT2D eigenvalue weighted by molar-refractivity contribution is 0.0657. The highest BCUT2D eigenvalue weighted by atomic mass is 16.4. The van der Waals surface area contributed by atoms with Gasteiger partial charge in [0.1, 0.15) is 5.76 Å². The molecule has 0 aliphatic carbocycles. The standard InChI is InChI=1S/C19H26N4O2/c24-19(18-8-7-17(25-18)15-22-12-5-9-20-22)23-13-4-6-16(23)14-21-10-2-1-3-11-21/h5,7-9,12,16H,1-4,6,10-11,13-15H2/t16-/m1/s1. The summed E-state index contributed by atoms with van der Waals surface area (Å²) in [6, 6.07) is 5.89. The second-order valence-electron chi connectivity index (χ2n) is 7.13. The number of likely N-dealkylation sites (tertiary alicyclic amines) is 2. The molecule has 0 unspecified atom stereocenters. The molecule has 6 heteroatoms. The second kappa shape index (κ2) is 7.44. The van der Waals surface area contributed by atoms with Crippen molar-refractivity contribution in [2.75, 3.05) is 26.2 Å². The maximum absolute atomic E-state index is 12.9. The van der Waals surface area contributed by atoms with Gasteiger partial charge in [-0.1, -0.05) is 6.42 Å². The number of nitrogens with zero attached hydrogens (tertiary/aromatic N) is 4. The van der Waals surface area contributed by atoms with Crippen molar-refractivity contribution in [3.05, 3.63) is 42.1 Å². The van der Waals surface area contributed by atoms with Crippen LogP contribution in [0.3, 0.4) is 0 Å². The van der Waals surface area contributed by atoms with Gasteiger partial charge in [0, 0.05) is 31.5 Å². The largest absolute Gasteiger partial charge is 0.454 e. The molecule has 2 fully saturated rings. The van der Waals surface area contributed by atoms with E-state index in [2.05, 4.69) is 10.00 Å². The Balaban J connectivity index is 1.40. The number of carbonyl (C=O) groups excluding carboxylic acids is 1. The predicted molar refractivity (Wildman–Crippen MR) is 94.4 cm³/mol. The van der Waals surface area contributed by atoms with Gasteiger partial charge in [0.2, 0.25) is 0 Å². The third kappa shape index (κ3) is 3.79. The van der Waals surface area contributed by atoms with Crippen molar-refractivity contribution in [1.29, 1.82) is 0 Å². The van der Waals surface area contributed by atoms with Gasteiger partial charge in [-0.15, -0.1) is 0 Å². The smallest absolute Gasteiger partial charge is 0.289 e. The van der Waals surface area contributed by atoms with E-state index in [1.54, 1.807) is 16.9 Å². The summed E-state index contributed by atoms with van der Waals surface area (Å²) in [6.07, 6.45) is 9.73. The van der Waals surface area contributed by atoms with Crippen molar-refractivity contribution in [1.82, 2.24) is 19.6 Å². The summed E-state index contributed by atoms with van der Waals surface area (Å²) in [7, 11) is 0. The summed E-state index contributed by atoms with van der Waals surface area (Å²) in [5, 5.41) is 4.18. The minimum atomic E-state index is 0.0335. The van der Waals surface area contributed by atoms with Crippen LogP contribution < -0.4 is 0 Å². The van der Waals surface area contributed by atoms with Crippen molar-refractivity contribution in [3.8, 4) is 0 Å². The first-order valence-electron chi connectivity index (χ1n) is 9.39. The zero-order valence-electron chi connectivity index (χ0n) is 14.6. The van der Waals surface area contributed by atoms with Crippen LogP contribution in [0.4, 0.5) is 0 Å². The molecule has 0 N–H and O–H groups in total. The number of aromatic nitrogens is 2. The van der Waals surface area contributed by atoms with E-state index in [1.165, 1.54) is 32.4 Å². The zero-order chi connectivity index (χ0) is 17.1. The van der Waals surface area contributed by atoms with Gasteiger partial charge in [-0.25, -0.2) is 0 Å². The van der Waals surface area contributed by atoms with Crippen molar-refractivity contribution in [2.45, 2.75) is 44.7 Å². The third-order valence-corrected chi connectivity index (χ3v) is 5.31. The summed E-state index contributed by atoms with van der Waals surface area (Å²) in [5.74, 6) is 1.25. The Morgan fingerprint density at radius 1 is 1.16 bits per heavy atom. The van der Waals surface area contributed by atoms with Gasteiger partial charge in [-0.3, -0.25) is 9.48 Å². The van der Waals surface area contributed by atoms with Gasteiger partial charge in [0.05, 0.1) is 6.54 Å². The molecular formula is C19H26N4O2. The molecule has 134 valence electrons. The highest BCUT2D eigenvalue weighted by Crippen LogP contribution is 2.23. The Hall–Kier alpha value is -2.08. The third-order valence-electron chi connectivity index (χ3n) is 5.31. The topological polar surface area (TPSA) is 54.5 Å². The van der Waals surface area contributed by atoms with Crippen LogP contribution in [0.1, 0.15) is 48.4 Å². The molecule has 2 aromatic rings. The molecule has 4 heterocycles. The fourth-order valence-corrected chi connectivity index (χ4v) is 4.01. The average molecular weight is 342 g/mol. The van der Waals surface area contributed by atoms with Gasteiger partial charge in [0.15, 0.2) is 5.76 Å². The molecule has 6 nitrogen and oxygen atoms in total. The van der Waals surface area contributed by atoms with Crippen molar-refractivity contribution in [3.63, 3.8) is 0 Å². The lowest BCUT2D eigenvalue weighted by Gasteiger charge is -2.32. The molecule has 25 heavy (non-hydrogen) atoms. The van der Waals surface area contributed by atoms with Crippen LogP contribution in [-0.4, -0.2) is 57.7 Å². The molecule has 2 saturated heterocycles. The minimum absolute atomic E-state index is 0.0335. The summed E-state index contributed by atoms with van der Waals surface area (Å²) >= 11 is 0. The predicted octanol–water partition coefficient (Wildman–Crippen LogP) is 2.61. The Morgan fingerprint density at radius 3 is 2.84 bits per heavy atom. The molecular weight excluding hydrogens is 316 g/mol. The zero-order valence-corrected chi connectivity index (χ0v) is 14.6. The van der Waals surface area contributed by atoms with Gasteiger partial charge in [0.25, 0.3) is 5.91 Å². The van der Waals surface area contributed by atoms with E-state index in [9.17, 15) is 4.79 Å². The van der Waals surface area contributed by atoms with Crippen LogP contribution in [0.15, 0.2) is 35.0 Å². The van der Waals surface area contributed by atoms with Gasteiger partial charge in [-0.2, -0.15) is 5.10 Å². The van der Waals surface area contributed by atoms with Crippen LogP contribution in [0.2, 0.25) is 0 Å². The Labute approximate surface area is 148 Å². The molecule has 1 atom stereocenters. The minimum Gasteiger partial charge on any atom is -0.454 e. The number of piperidine rings is 1. The van der Waals surface area contributed by atoms with Crippen molar-refractivity contribution in [2.24, 2.45) is 0 Å². The molecule has 2 aliphatic rings. The van der Waals surface area contributed by atoms with Crippen LogP contribution in [0.5, 0.6) is 0 Å². The summed E-state index contributed by atoms with van der Waals surface area (Å²) in [5.41, 5.74) is 0. The first kappa shape index (κ1) is 16.4. The van der Waals surface area contributed by atoms with E-state index in [4.69, 9.17) is 4.42 Å². The molecule has 2 aromatic heterocycles. The lowest BCUT2D eigenvalue weighted by atomic mass is 10.1. The highest BCUT2D eigenvalue weighted by Gasteiger charge is 2.32. The Bertz CT molecular complexity index is 688. The van der Waals surface area contributed by atoms with Crippen LogP contribution in [0.25, 0.3) is 0 Å². The summed E-state index contributed by atoms with van der Waals surface area (Å²) < 4.78 is 7.60. The molecule has 0 saturated carbocycles. The quantitative estimate of drug-likeness (QED) is 0.838. The van der Waals surface area contributed by atoms with E-state index in [1.807, 2.05) is 23.2 Å². The molecule has 0 aromatic carbocycles. The summed E-state index contributed by atoms with van der Waals surface area (Å²) in [6.45, 7) is 4.75. The van der Waals surface area contributed by atoms with E-state index in [0.29, 0.717) is 18.3 Å². The number of amides is 1. The van der Waals surface area contributed by atoms with E-state index < -0.39 is 0 Å². The fraction of sp³-hybridized carbons (Fsp3) is 0.579. The summed E-state index contributed by atoms with van der Waals surface area (Å²) in [4.78, 5) is 17.4. The first-order chi connectivity index (χ1) is 12.3. The van der Waals surface area contributed by atoms with Gasteiger partial charge >= 0.3 is 0 Å². The van der Waals surface area contributed by atoms with E-state index in [-0.39, 0.29) is 5.91 Å². The SMILES string of the molecule is O=C(c1ccc(Cn2cccn2)o1)N1CCC[C@@H]1CN1CCCCC1. The lowest BCUT2D eigenvalue weighted by Crippen LogP contribution is -2.44. The van der Waals surface area contributed by atoms with E-state index >= 15 is 0 Å². The Kier molecular flexibility index (Phi) is 4.88. The molecule has 2 aliphatic heterocycles.